The quantitative estimate of drug-likeness (QED) is 0.568. The molecule has 0 unspecified atom stereocenters. The number of rotatable bonds is 6. The summed E-state index contributed by atoms with van der Waals surface area (Å²) < 4.78 is 12.4. The van der Waals surface area contributed by atoms with Crippen LogP contribution in [0.2, 0.25) is 0 Å². The highest BCUT2D eigenvalue weighted by atomic mass is 16.6. The average molecular weight is 391 g/mol. The zero-order valence-electron chi connectivity index (χ0n) is 18.2. The molecular formula is C24H38O4. The van der Waals surface area contributed by atoms with Crippen molar-refractivity contribution in [2.24, 2.45) is 29.1 Å². The molecule has 4 bridgehead atoms. The molecule has 5 rings (SSSR count). The lowest BCUT2D eigenvalue weighted by atomic mass is 9.49. The maximum atomic E-state index is 13.1. The van der Waals surface area contributed by atoms with Crippen molar-refractivity contribution in [3.8, 4) is 0 Å². The Labute approximate surface area is 170 Å². The third-order valence-corrected chi connectivity index (χ3v) is 8.68. The van der Waals surface area contributed by atoms with Gasteiger partial charge in [0.15, 0.2) is 0 Å². The van der Waals surface area contributed by atoms with Crippen molar-refractivity contribution in [3.63, 3.8) is 0 Å². The number of esters is 2. The Kier molecular flexibility index (Phi) is 5.07. The lowest BCUT2D eigenvalue weighted by molar-refractivity contribution is -0.224. The molecule has 0 aromatic rings. The van der Waals surface area contributed by atoms with Crippen LogP contribution in [0.1, 0.15) is 98.3 Å². The molecule has 4 heteroatoms. The normalized spacial score (nSPS) is 38.4. The molecule has 0 heterocycles. The molecule has 0 saturated heterocycles. The fourth-order valence-electron chi connectivity index (χ4n) is 6.69. The second kappa shape index (κ2) is 7.02. The first kappa shape index (κ1) is 20.2. The summed E-state index contributed by atoms with van der Waals surface area (Å²) in [5, 5.41) is 0. The van der Waals surface area contributed by atoms with Gasteiger partial charge >= 0.3 is 11.9 Å². The summed E-state index contributed by atoms with van der Waals surface area (Å²) in [4.78, 5) is 26.2. The van der Waals surface area contributed by atoms with E-state index in [-0.39, 0.29) is 24.0 Å². The molecule has 5 aliphatic carbocycles. The molecule has 0 aromatic heterocycles. The van der Waals surface area contributed by atoms with E-state index in [1.54, 1.807) is 0 Å². The van der Waals surface area contributed by atoms with Gasteiger partial charge in [0.2, 0.25) is 0 Å². The molecule has 5 fully saturated rings. The fraction of sp³-hybridized carbons (Fsp3) is 0.917. The van der Waals surface area contributed by atoms with Crippen LogP contribution >= 0.6 is 0 Å². The van der Waals surface area contributed by atoms with E-state index in [1.165, 1.54) is 6.42 Å². The number of hydrogen-bond acceptors (Lipinski definition) is 4. The second-order valence-corrected chi connectivity index (χ2v) is 11.2. The minimum atomic E-state index is -0.636. The topological polar surface area (TPSA) is 52.6 Å². The fourth-order valence-corrected chi connectivity index (χ4v) is 6.69. The van der Waals surface area contributed by atoms with Gasteiger partial charge in [0.05, 0.1) is 11.8 Å². The van der Waals surface area contributed by atoms with Gasteiger partial charge in [-0.15, -0.1) is 0 Å². The van der Waals surface area contributed by atoms with Crippen LogP contribution in [0.4, 0.5) is 0 Å². The molecule has 0 atom stereocenters. The third kappa shape index (κ3) is 3.50. The molecule has 0 aliphatic heterocycles. The van der Waals surface area contributed by atoms with Crippen LogP contribution in [0.15, 0.2) is 0 Å². The van der Waals surface area contributed by atoms with Crippen molar-refractivity contribution in [1.82, 2.24) is 0 Å². The van der Waals surface area contributed by atoms with Crippen molar-refractivity contribution in [3.05, 3.63) is 0 Å². The van der Waals surface area contributed by atoms with Gasteiger partial charge in [-0.25, -0.2) is 0 Å². The smallest absolute Gasteiger partial charge is 0.312 e. The largest absolute Gasteiger partial charge is 0.459 e. The minimum absolute atomic E-state index is 0.137. The van der Waals surface area contributed by atoms with Crippen molar-refractivity contribution in [2.75, 3.05) is 0 Å². The Morgan fingerprint density at radius 3 is 1.96 bits per heavy atom. The van der Waals surface area contributed by atoms with E-state index in [4.69, 9.17) is 9.47 Å². The molecule has 4 nitrogen and oxygen atoms in total. The van der Waals surface area contributed by atoms with E-state index in [0.717, 1.165) is 69.6 Å². The molecule has 5 aliphatic rings. The van der Waals surface area contributed by atoms with Gasteiger partial charge in [-0.3, -0.25) is 9.59 Å². The van der Waals surface area contributed by atoms with Gasteiger partial charge in [0.25, 0.3) is 0 Å². The highest BCUT2D eigenvalue weighted by Gasteiger charge is 2.61. The predicted octanol–water partition coefficient (Wildman–Crippen LogP) is 5.43. The van der Waals surface area contributed by atoms with Crippen LogP contribution in [-0.4, -0.2) is 23.1 Å². The molecule has 0 N–H and O–H groups in total. The van der Waals surface area contributed by atoms with Gasteiger partial charge in [-0.05, 0) is 96.8 Å². The summed E-state index contributed by atoms with van der Waals surface area (Å²) in [5.41, 5.74) is -1.47. The number of ether oxygens (including phenoxy) is 2. The summed E-state index contributed by atoms with van der Waals surface area (Å²) in [6.45, 7) is 8.00. The van der Waals surface area contributed by atoms with Crippen LogP contribution in [0, 0.1) is 29.1 Å². The lowest BCUT2D eigenvalue weighted by Crippen LogP contribution is -2.61. The van der Waals surface area contributed by atoms with E-state index >= 15 is 0 Å². The summed E-state index contributed by atoms with van der Waals surface area (Å²) in [6.07, 6.45) is 10.9. The first-order chi connectivity index (χ1) is 13.2. The zero-order valence-corrected chi connectivity index (χ0v) is 18.2. The van der Waals surface area contributed by atoms with Gasteiger partial charge in [-0.2, -0.15) is 0 Å². The number of hydrogen-bond donors (Lipinski definition) is 0. The third-order valence-electron chi connectivity index (χ3n) is 8.68. The first-order valence-corrected chi connectivity index (χ1v) is 11.6. The van der Waals surface area contributed by atoms with Crippen LogP contribution in [0.25, 0.3) is 0 Å². The van der Waals surface area contributed by atoms with Crippen LogP contribution in [0.3, 0.4) is 0 Å². The summed E-state index contributed by atoms with van der Waals surface area (Å²) in [5.74, 6) is 1.88. The molecule has 158 valence electrons. The van der Waals surface area contributed by atoms with Crippen molar-refractivity contribution in [1.29, 1.82) is 0 Å². The second-order valence-electron chi connectivity index (χ2n) is 11.2. The highest BCUT2D eigenvalue weighted by molar-refractivity contribution is 5.78. The molecule has 0 amide bonds. The maximum absolute atomic E-state index is 13.1. The Balaban J connectivity index is 1.57. The van der Waals surface area contributed by atoms with Crippen molar-refractivity contribution in [2.45, 2.75) is 110 Å². The predicted molar refractivity (Wildman–Crippen MR) is 108 cm³/mol. The lowest BCUT2D eigenvalue weighted by Gasteiger charge is -2.60. The van der Waals surface area contributed by atoms with E-state index in [1.807, 2.05) is 20.8 Å². The van der Waals surface area contributed by atoms with Crippen LogP contribution in [-0.2, 0) is 19.1 Å². The van der Waals surface area contributed by atoms with Gasteiger partial charge in [-0.1, -0.05) is 6.92 Å². The van der Waals surface area contributed by atoms with E-state index in [9.17, 15) is 9.59 Å². The Hall–Kier alpha value is -1.06. The van der Waals surface area contributed by atoms with Crippen molar-refractivity contribution >= 4 is 11.9 Å². The van der Waals surface area contributed by atoms with Crippen LogP contribution in [0.5, 0.6) is 0 Å². The van der Waals surface area contributed by atoms with E-state index in [0.29, 0.717) is 11.8 Å². The summed E-state index contributed by atoms with van der Waals surface area (Å²) in [7, 11) is 0. The Bertz CT molecular complexity index is 601. The monoisotopic (exact) mass is 390 g/mol. The highest BCUT2D eigenvalue weighted by Crippen LogP contribution is 2.61. The summed E-state index contributed by atoms with van der Waals surface area (Å²) >= 11 is 0. The molecule has 28 heavy (non-hydrogen) atoms. The first-order valence-electron chi connectivity index (χ1n) is 11.6. The van der Waals surface area contributed by atoms with Crippen LogP contribution < -0.4 is 0 Å². The molecule has 5 saturated carbocycles. The average Bonchev–Trinajstić information content (AvgIpc) is 3.04. The van der Waals surface area contributed by atoms with E-state index in [2.05, 4.69) is 6.92 Å². The number of carbonyl (C=O) groups is 2. The molecule has 0 radical (unpaired) electrons. The zero-order chi connectivity index (χ0) is 20.2. The maximum Gasteiger partial charge on any atom is 0.312 e. The van der Waals surface area contributed by atoms with Crippen molar-refractivity contribution < 1.29 is 19.1 Å². The SMILES string of the molecule is CCC(C)(C)C(=O)OC1(CC(=O)OC2(C)CCCC2)C2CC3CC(C2)CC1C3. The standard InChI is InChI=1S/C24H38O4/c1-5-22(2,3)21(26)28-24(15-20(25)27-23(4)8-6-7-9-23)18-11-16-10-17(13-18)14-19(24)12-16/h16-19H,5-15H2,1-4H3. The Morgan fingerprint density at radius 2 is 1.46 bits per heavy atom. The molecular weight excluding hydrogens is 352 g/mol. The van der Waals surface area contributed by atoms with Gasteiger partial charge < -0.3 is 9.47 Å². The number of carbonyl (C=O) groups excluding carboxylic acids is 2. The molecule has 0 aromatic carbocycles. The van der Waals surface area contributed by atoms with E-state index < -0.39 is 11.0 Å². The molecule has 0 spiro atoms. The summed E-state index contributed by atoms with van der Waals surface area (Å²) in [6, 6.07) is 0. The van der Waals surface area contributed by atoms with Gasteiger partial charge in [0, 0.05) is 11.8 Å². The Morgan fingerprint density at radius 1 is 0.929 bits per heavy atom. The van der Waals surface area contributed by atoms with Gasteiger partial charge in [0.1, 0.15) is 11.2 Å². The minimum Gasteiger partial charge on any atom is -0.459 e.